The molecule has 1 aliphatic carbocycles. The molecule has 0 spiro atoms. The van der Waals surface area contributed by atoms with E-state index in [9.17, 15) is 0 Å². The number of hydrogen-bond acceptors (Lipinski definition) is 5. The Labute approximate surface area is 141 Å². The minimum absolute atomic E-state index is 0.532. The smallest absolute Gasteiger partial charge is 0.162 e. The average molecular weight is 375 g/mol. The molecule has 0 aliphatic heterocycles. The number of rotatable bonds is 3. The highest BCUT2D eigenvalue weighted by Crippen LogP contribution is 2.36. The Kier molecular flexibility index (Phi) is 3.80. The van der Waals surface area contributed by atoms with Crippen LogP contribution in [-0.4, -0.2) is 21.0 Å². The molecule has 0 radical (unpaired) electrons. The van der Waals surface area contributed by atoms with Crippen LogP contribution in [0.5, 0.6) is 0 Å². The van der Waals surface area contributed by atoms with Gasteiger partial charge in [-0.1, -0.05) is 12.8 Å². The molecule has 3 aromatic rings. The molecule has 0 unspecified atom stereocenters. The lowest BCUT2D eigenvalue weighted by Gasteiger charge is -2.14. The van der Waals surface area contributed by atoms with E-state index in [2.05, 4.69) is 31.6 Å². The third-order valence-corrected chi connectivity index (χ3v) is 5.89. The molecule has 1 aliphatic rings. The quantitative estimate of drug-likeness (QED) is 0.710. The van der Waals surface area contributed by atoms with E-state index in [1.54, 1.807) is 23.7 Å². The summed E-state index contributed by atoms with van der Waals surface area (Å²) in [7, 11) is 0. The molecular formula is C16H15BrN4S. The topological polar surface area (TPSA) is 50.7 Å². The number of nitrogens with zero attached hydrogens (tertiary/aromatic N) is 3. The standard InChI is InChI=1S/C16H15BrN4S/c17-12-9-22-14-13(12)20-15(10-5-7-18-8-6-10)21-16(14)19-11-3-1-2-4-11/h5-9,11H,1-4H2,(H,19,20,21). The van der Waals surface area contributed by atoms with Crippen LogP contribution in [0.25, 0.3) is 21.6 Å². The maximum Gasteiger partial charge on any atom is 0.162 e. The molecule has 3 heterocycles. The molecule has 3 aromatic heterocycles. The summed E-state index contributed by atoms with van der Waals surface area (Å²) < 4.78 is 2.15. The van der Waals surface area contributed by atoms with Crippen molar-refractivity contribution in [2.24, 2.45) is 0 Å². The highest BCUT2D eigenvalue weighted by atomic mass is 79.9. The molecule has 4 rings (SSSR count). The lowest BCUT2D eigenvalue weighted by molar-refractivity contribution is 0.752. The lowest BCUT2D eigenvalue weighted by atomic mass is 10.2. The number of pyridine rings is 1. The second-order valence-electron chi connectivity index (χ2n) is 5.52. The highest BCUT2D eigenvalue weighted by molar-refractivity contribution is 9.10. The van der Waals surface area contributed by atoms with E-state index in [4.69, 9.17) is 9.97 Å². The lowest BCUT2D eigenvalue weighted by Crippen LogP contribution is -2.16. The van der Waals surface area contributed by atoms with Gasteiger partial charge in [0.15, 0.2) is 5.82 Å². The van der Waals surface area contributed by atoms with Crippen LogP contribution < -0.4 is 5.32 Å². The van der Waals surface area contributed by atoms with Gasteiger partial charge < -0.3 is 5.32 Å². The minimum atomic E-state index is 0.532. The maximum atomic E-state index is 4.79. The van der Waals surface area contributed by atoms with Gasteiger partial charge in [0, 0.05) is 29.4 Å². The SMILES string of the molecule is Brc1csc2c(NC3CCCC3)nc(-c3ccncc3)nc12. The van der Waals surface area contributed by atoms with Crippen LogP contribution in [0.4, 0.5) is 5.82 Å². The van der Waals surface area contributed by atoms with Gasteiger partial charge in [0.1, 0.15) is 11.3 Å². The van der Waals surface area contributed by atoms with Crippen LogP contribution in [0.1, 0.15) is 25.7 Å². The normalized spacial score (nSPS) is 15.5. The third-order valence-electron chi connectivity index (χ3n) is 4.01. The Morgan fingerprint density at radius 3 is 2.68 bits per heavy atom. The molecule has 22 heavy (non-hydrogen) atoms. The molecule has 0 amide bonds. The van der Waals surface area contributed by atoms with Gasteiger partial charge in [0.05, 0.1) is 9.17 Å². The zero-order valence-corrected chi connectivity index (χ0v) is 14.3. The molecule has 1 fully saturated rings. The Morgan fingerprint density at radius 1 is 1.14 bits per heavy atom. The van der Waals surface area contributed by atoms with Crippen molar-refractivity contribution in [2.45, 2.75) is 31.7 Å². The molecule has 0 bridgehead atoms. The van der Waals surface area contributed by atoms with Crippen molar-refractivity contribution in [3.05, 3.63) is 34.4 Å². The van der Waals surface area contributed by atoms with Crippen LogP contribution >= 0.6 is 27.3 Å². The molecule has 0 aromatic carbocycles. The van der Waals surface area contributed by atoms with Gasteiger partial charge in [-0.3, -0.25) is 4.98 Å². The number of fused-ring (bicyclic) bond motifs is 1. The van der Waals surface area contributed by atoms with E-state index >= 15 is 0 Å². The van der Waals surface area contributed by atoms with Crippen molar-refractivity contribution < 1.29 is 0 Å². The molecule has 1 N–H and O–H groups in total. The molecule has 1 saturated carbocycles. The zero-order chi connectivity index (χ0) is 14.9. The predicted molar refractivity (Wildman–Crippen MR) is 94.2 cm³/mol. The summed E-state index contributed by atoms with van der Waals surface area (Å²) in [6.45, 7) is 0. The van der Waals surface area contributed by atoms with E-state index in [0.717, 1.165) is 31.9 Å². The zero-order valence-electron chi connectivity index (χ0n) is 11.9. The summed E-state index contributed by atoms with van der Waals surface area (Å²) in [5, 5.41) is 5.71. The van der Waals surface area contributed by atoms with E-state index in [0.29, 0.717) is 6.04 Å². The van der Waals surface area contributed by atoms with E-state index < -0.39 is 0 Å². The van der Waals surface area contributed by atoms with Gasteiger partial charge >= 0.3 is 0 Å². The number of aromatic nitrogens is 3. The average Bonchev–Trinajstić information content (AvgIpc) is 3.19. The van der Waals surface area contributed by atoms with E-state index in [1.807, 2.05) is 12.1 Å². The van der Waals surface area contributed by atoms with Gasteiger partial charge in [-0.15, -0.1) is 11.3 Å². The monoisotopic (exact) mass is 374 g/mol. The van der Waals surface area contributed by atoms with Crippen molar-refractivity contribution in [1.82, 2.24) is 15.0 Å². The number of halogens is 1. The summed E-state index contributed by atoms with van der Waals surface area (Å²) in [6.07, 6.45) is 8.60. The molecular weight excluding hydrogens is 360 g/mol. The maximum absolute atomic E-state index is 4.79. The first-order valence-electron chi connectivity index (χ1n) is 7.43. The molecule has 112 valence electrons. The number of nitrogens with one attached hydrogen (secondary N) is 1. The van der Waals surface area contributed by atoms with Crippen molar-refractivity contribution in [1.29, 1.82) is 0 Å². The Morgan fingerprint density at radius 2 is 1.91 bits per heavy atom. The van der Waals surface area contributed by atoms with E-state index in [1.165, 1.54) is 25.7 Å². The largest absolute Gasteiger partial charge is 0.366 e. The first-order valence-corrected chi connectivity index (χ1v) is 9.10. The van der Waals surface area contributed by atoms with Crippen LogP contribution in [0, 0.1) is 0 Å². The van der Waals surface area contributed by atoms with Crippen molar-refractivity contribution in [3.63, 3.8) is 0 Å². The van der Waals surface area contributed by atoms with Crippen molar-refractivity contribution in [2.75, 3.05) is 5.32 Å². The van der Waals surface area contributed by atoms with Gasteiger partial charge in [-0.05, 0) is 40.9 Å². The van der Waals surface area contributed by atoms with Crippen LogP contribution in [-0.2, 0) is 0 Å². The summed E-state index contributed by atoms with van der Waals surface area (Å²) in [6, 6.07) is 4.42. The van der Waals surface area contributed by atoms with Crippen molar-refractivity contribution >= 4 is 43.3 Å². The van der Waals surface area contributed by atoms with Crippen LogP contribution in [0.15, 0.2) is 34.4 Å². The molecule has 0 saturated heterocycles. The minimum Gasteiger partial charge on any atom is -0.366 e. The second kappa shape index (κ2) is 5.93. The van der Waals surface area contributed by atoms with Gasteiger partial charge in [0.2, 0.25) is 0 Å². The fourth-order valence-corrected chi connectivity index (χ4v) is 4.40. The van der Waals surface area contributed by atoms with Gasteiger partial charge in [-0.2, -0.15) is 0 Å². The fourth-order valence-electron chi connectivity index (χ4n) is 2.88. The van der Waals surface area contributed by atoms with Gasteiger partial charge in [0.25, 0.3) is 0 Å². The van der Waals surface area contributed by atoms with Gasteiger partial charge in [-0.25, -0.2) is 9.97 Å². The Hall–Kier alpha value is -1.53. The Bertz CT molecular complexity index is 797. The summed E-state index contributed by atoms with van der Waals surface area (Å²) in [4.78, 5) is 13.6. The number of thiophene rings is 1. The number of hydrogen-bond donors (Lipinski definition) is 1. The second-order valence-corrected chi connectivity index (χ2v) is 7.25. The van der Waals surface area contributed by atoms with Crippen molar-refractivity contribution in [3.8, 4) is 11.4 Å². The molecule has 0 atom stereocenters. The molecule has 6 heteroatoms. The van der Waals surface area contributed by atoms with Crippen LogP contribution in [0.2, 0.25) is 0 Å². The summed E-state index contributed by atoms with van der Waals surface area (Å²) in [5.41, 5.74) is 1.97. The van der Waals surface area contributed by atoms with E-state index in [-0.39, 0.29) is 0 Å². The van der Waals surface area contributed by atoms with Crippen LogP contribution in [0.3, 0.4) is 0 Å². The fraction of sp³-hybridized carbons (Fsp3) is 0.312. The summed E-state index contributed by atoms with van der Waals surface area (Å²) in [5.74, 6) is 1.70. The highest BCUT2D eigenvalue weighted by Gasteiger charge is 2.19. The summed E-state index contributed by atoms with van der Waals surface area (Å²) >= 11 is 5.28. The first kappa shape index (κ1) is 14.1. The molecule has 4 nitrogen and oxygen atoms in total. The number of anilines is 1. The first-order chi connectivity index (χ1) is 10.8. The predicted octanol–water partition coefficient (Wildman–Crippen LogP) is 4.87. The Balaban J connectivity index is 1.82. The third kappa shape index (κ3) is 2.61.